The number of hydrogen-bond acceptors (Lipinski definition) is 6. The summed E-state index contributed by atoms with van der Waals surface area (Å²) in [4.78, 5) is 11.7. The van der Waals surface area contributed by atoms with Crippen LogP contribution in [0.1, 0.15) is 12.5 Å². The van der Waals surface area contributed by atoms with Crippen molar-refractivity contribution in [2.24, 2.45) is 0 Å². The summed E-state index contributed by atoms with van der Waals surface area (Å²) in [6.45, 7) is 2.18. The molecule has 7 nitrogen and oxygen atoms in total. The van der Waals surface area contributed by atoms with Crippen molar-refractivity contribution in [1.29, 1.82) is 0 Å². The largest absolute Gasteiger partial charge is 0.504 e. The Labute approximate surface area is 115 Å². The van der Waals surface area contributed by atoms with E-state index < -0.39 is 18.5 Å². The number of carbonyl (C=O) groups excluding carboxylic acids is 1. The molecule has 1 aliphatic heterocycles. The van der Waals surface area contributed by atoms with E-state index in [4.69, 9.17) is 4.74 Å². The summed E-state index contributed by atoms with van der Waals surface area (Å²) in [5, 5.41) is 33.1. The molecule has 2 rings (SSSR count). The van der Waals surface area contributed by atoms with Crippen molar-refractivity contribution in [3.05, 3.63) is 29.3 Å². The van der Waals surface area contributed by atoms with Crippen molar-refractivity contribution in [2.75, 3.05) is 6.61 Å². The summed E-state index contributed by atoms with van der Waals surface area (Å²) in [5.41, 5.74) is 0.636. The van der Waals surface area contributed by atoms with Gasteiger partial charge in [0.2, 0.25) is 0 Å². The van der Waals surface area contributed by atoms with Crippen LogP contribution in [-0.4, -0.2) is 40.4 Å². The van der Waals surface area contributed by atoms with E-state index in [1.54, 1.807) is 19.1 Å². The van der Waals surface area contributed by atoms with Crippen molar-refractivity contribution < 1.29 is 24.9 Å². The van der Waals surface area contributed by atoms with Gasteiger partial charge in [0.1, 0.15) is 6.23 Å². The lowest BCUT2D eigenvalue weighted by Gasteiger charge is -2.27. The van der Waals surface area contributed by atoms with Crippen LogP contribution in [0.25, 0.3) is 6.08 Å². The van der Waals surface area contributed by atoms with Crippen molar-refractivity contribution in [1.82, 2.24) is 10.6 Å². The van der Waals surface area contributed by atoms with E-state index in [1.165, 1.54) is 12.1 Å². The molecule has 0 aromatic heterocycles. The number of phenols is 1. The van der Waals surface area contributed by atoms with E-state index in [0.717, 1.165) is 0 Å². The predicted molar refractivity (Wildman–Crippen MR) is 70.5 cm³/mol. The highest BCUT2D eigenvalue weighted by Crippen LogP contribution is 2.28. The Balaban J connectivity index is 2.30. The van der Waals surface area contributed by atoms with Gasteiger partial charge in [-0.05, 0) is 30.7 Å². The van der Waals surface area contributed by atoms with E-state index in [0.29, 0.717) is 17.9 Å². The predicted octanol–water partition coefficient (Wildman–Crippen LogP) is -0.512. The lowest BCUT2D eigenvalue weighted by atomic mass is 10.1. The molecule has 1 saturated heterocycles. The van der Waals surface area contributed by atoms with E-state index in [1.807, 2.05) is 0 Å². The van der Waals surface area contributed by atoms with Gasteiger partial charge in [-0.15, -0.1) is 0 Å². The lowest BCUT2D eigenvalue weighted by molar-refractivity contribution is -0.126. The van der Waals surface area contributed by atoms with E-state index in [9.17, 15) is 20.1 Å². The number of aliphatic hydroxyl groups is 2. The minimum atomic E-state index is -1.28. The Morgan fingerprint density at radius 1 is 1.40 bits per heavy atom. The minimum absolute atomic E-state index is 0.00353. The van der Waals surface area contributed by atoms with Gasteiger partial charge in [0.25, 0.3) is 5.91 Å². The fourth-order valence-corrected chi connectivity index (χ4v) is 1.83. The summed E-state index contributed by atoms with van der Waals surface area (Å²) in [7, 11) is 0. The van der Waals surface area contributed by atoms with Gasteiger partial charge in [-0.2, -0.15) is 0 Å². The zero-order chi connectivity index (χ0) is 14.7. The maximum absolute atomic E-state index is 11.7. The topological polar surface area (TPSA) is 111 Å². The van der Waals surface area contributed by atoms with Gasteiger partial charge < -0.3 is 25.4 Å². The molecule has 20 heavy (non-hydrogen) atoms. The second-order valence-corrected chi connectivity index (χ2v) is 4.21. The third-order valence-corrected chi connectivity index (χ3v) is 2.75. The molecule has 0 spiro atoms. The molecule has 108 valence electrons. The zero-order valence-electron chi connectivity index (χ0n) is 10.8. The first-order valence-corrected chi connectivity index (χ1v) is 6.11. The molecule has 0 bridgehead atoms. The Hall–Kier alpha value is -2.09. The number of nitrogens with one attached hydrogen (secondary N) is 2. The number of rotatable bonds is 3. The van der Waals surface area contributed by atoms with Crippen molar-refractivity contribution >= 4 is 12.0 Å². The van der Waals surface area contributed by atoms with Gasteiger partial charge in [-0.1, -0.05) is 6.07 Å². The fraction of sp³-hybridized carbons (Fsp3) is 0.308. The number of hydrogen-bond donors (Lipinski definition) is 5. The van der Waals surface area contributed by atoms with E-state index in [-0.39, 0.29) is 11.3 Å². The maximum Gasteiger partial charge on any atom is 0.254 e. The molecule has 0 saturated carbocycles. The molecule has 1 aromatic rings. The Kier molecular flexibility index (Phi) is 4.23. The zero-order valence-corrected chi connectivity index (χ0v) is 10.8. The van der Waals surface area contributed by atoms with Gasteiger partial charge in [0, 0.05) is 0 Å². The number of carbonyl (C=O) groups is 1. The van der Waals surface area contributed by atoms with Crippen LogP contribution in [0.15, 0.2) is 23.8 Å². The Bertz CT molecular complexity index is 544. The number of phenolic OH excluding ortho intramolecular Hbond substituents is 1. The molecule has 0 radical (unpaired) electrons. The van der Waals surface area contributed by atoms with Crippen LogP contribution in [-0.2, 0) is 4.79 Å². The van der Waals surface area contributed by atoms with Gasteiger partial charge in [-0.25, -0.2) is 5.32 Å². The maximum atomic E-state index is 11.7. The molecule has 7 heteroatoms. The average Bonchev–Trinajstić information content (AvgIpc) is 2.37. The molecule has 1 fully saturated rings. The van der Waals surface area contributed by atoms with Gasteiger partial charge >= 0.3 is 0 Å². The van der Waals surface area contributed by atoms with Gasteiger partial charge in [0.15, 0.2) is 17.9 Å². The molecule has 1 aliphatic rings. The van der Waals surface area contributed by atoms with Crippen LogP contribution < -0.4 is 15.4 Å². The first-order valence-electron chi connectivity index (χ1n) is 6.11. The molecule has 1 heterocycles. The summed E-state index contributed by atoms with van der Waals surface area (Å²) in [6.07, 6.45) is -1.11. The van der Waals surface area contributed by atoms with Crippen LogP contribution in [0, 0.1) is 0 Å². The number of aromatic hydroxyl groups is 1. The smallest absolute Gasteiger partial charge is 0.254 e. The van der Waals surface area contributed by atoms with Gasteiger partial charge in [0.05, 0.1) is 12.2 Å². The first kappa shape index (κ1) is 14.3. The van der Waals surface area contributed by atoms with E-state index in [2.05, 4.69) is 10.6 Å². The molecule has 1 amide bonds. The molecule has 5 N–H and O–H groups in total. The number of amides is 1. The highest BCUT2D eigenvalue weighted by atomic mass is 16.5. The van der Waals surface area contributed by atoms with Crippen molar-refractivity contribution in [2.45, 2.75) is 19.5 Å². The Morgan fingerprint density at radius 3 is 2.80 bits per heavy atom. The molecule has 2 unspecified atom stereocenters. The lowest BCUT2D eigenvalue weighted by Crippen LogP contribution is -2.57. The molecule has 0 aliphatic carbocycles. The summed E-state index contributed by atoms with van der Waals surface area (Å²) < 4.78 is 5.24. The summed E-state index contributed by atoms with van der Waals surface area (Å²) >= 11 is 0. The fourth-order valence-electron chi connectivity index (χ4n) is 1.83. The highest BCUT2D eigenvalue weighted by molar-refractivity contribution is 5.99. The minimum Gasteiger partial charge on any atom is -0.504 e. The number of aliphatic hydroxyl groups excluding tert-OH is 2. The highest BCUT2D eigenvalue weighted by Gasteiger charge is 2.27. The van der Waals surface area contributed by atoms with Crippen molar-refractivity contribution in [3.63, 3.8) is 0 Å². The van der Waals surface area contributed by atoms with Crippen LogP contribution in [0.5, 0.6) is 11.5 Å². The van der Waals surface area contributed by atoms with Crippen molar-refractivity contribution in [3.8, 4) is 11.5 Å². The van der Waals surface area contributed by atoms with Crippen LogP contribution in [0.3, 0.4) is 0 Å². The van der Waals surface area contributed by atoms with Crippen LogP contribution in [0.2, 0.25) is 0 Å². The number of benzene rings is 1. The average molecular weight is 280 g/mol. The van der Waals surface area contributed by atoms with E-state index >= 15 is 0 Å². The SMILES string of the molecule is CCOc1cc(/C=C2\C(=O)NC(O)NC2O)ccc1O. The quantitative estimate of drug-likeness (QED) is 0.477. The third kappa shape index (κ3) is 3.08. The van der Waals surface area contributed by atoms with Gasteiger partial charge in [-0.3, -0.25) is 4.79 Å². The first-order chi connectivity index (χ1) is 9.51. The van der Waals surface area contributed by atoms with Crippen LogP contribution >= 0.6 is 0 Å². The number of ether oxygens (including phenoxy) is 1. The normalized spacial score (nSPS) is 24.6. The second kappa shape index (κ2) is 5.91. The summed E-state index contributed by atoms with van der Waals surface area (Å²) in [6, 6.07) is 4.57. The third-order valence-electron chi connectivity index (χ3n) is 2.75. The standard InChI is InChI=1S/C13H16N2O5/c1-2-20-10-6-7(3-4-9(10)16)5-8-11(17)14-13(19)15-12(8)18/h3-6,11,13-14,16-17,19H,2H2,1H3,(H,15,18)/b8-5-. The molecular formula is C13H16N2O5. The molecule has 1 aromatic carbocycles. The molecular weight excluding hydrogens is 264 g/mol. The van der Waals surface area contributed by atoms with Crippen LogP contribution in [0.4, 0.5) is 0 Å². The second-order valence-electron chi connectivity index (χ2n) is 4.21. The summed E-state index contributed by atoms with van der Waals surface area (Å²) in [5.74, 6) is -0.286. The molecule has 2 atom stereocenters. The monoisotopic (exact) mass is 280 g/mol. The Morgan fingerprint density at radius 2 is 2.15 bits per heavy atom.